The Morgan fingerprint density at radius 1 is 1.46 bits per heavy atom. The van der Waals surface area contributed by atoms with Crippen molar-refractivity contribution in [1.82, 2.24) is 0 Å². The first-order valence-electron chi connectivity index (χ1n) is 3.96. The van der Waals surface area contributed by atoms with Crippen LogP contribution in [0.3, 0.4) is 0 Å². The van der Waals surface area contributed by atoms with Crippen molar-refractivity contribution in [1.29, 1.82) is 0 Å². The summed E-state index contributed by atoms with van der Waals surface area (Å²) in [5.41, 5.74) is 1.36. The van der Waals surface area contributed by atoms with E-state index in [9.17, 15) is 0 Å². The van der Waals surface area contributed by atoms with Crippen LogP contribution in [-0.4, -0.2) is 0 Å². The van der Waals surface area contributed by atoms with Gasteiger partial charge in [0, 0.05) is 10.2 Å². The van der Waals surface area contributed by atoms with Gasteiger partial charge in [-0.15, -0.1) is 11.3 Å². The number of rotatable bonds is 1. The van der Waals surface area contributed by atoms with E-state index in [-0.39, 0.29) is 0 Å². The van der Waals surface area contributed by atoms with Gasteiger partial charge in [-0.05, 0) is 23.9 Å². The maximum atomic E-state index is 6.09. The van der Waals surface area contributed by atoms with E-state index in [2.05, 4.69) is 28.9 Å². The Hall–Kier alpha value is -0.0500. The van der Waals surface area contributed by atoms with Crippen LogP contribution in [0.15, 0.2) is 18.2 Å². The van der Waals surface area contributed by atoms with E-state index in [1.807, 2.05) is 12.1 Å². The first-order chi connectivity index (χ1) is 6.24. The molecule has 0 N–H and O–H groups in total. The minimum absolute atomic E-state index is 0.859. The molecule has 0 saturated carbocycles. The molecule has 0 unspecified atom stereocenters. The molecule has 2 rings (SSSR count). The largest absolute Gasteiger partial charge is 0.139 e. The zero-order chi connectivity index (χ0) is 9.42. The summed E-state index contributed by atoms with van der Waals surface area (Å²) < 4.78 is 1.20. The fraction of sp³-hybridized carbons (Fsp3) is 0.200. The van der Waals surface area contributed by atoms with Crippen LogP contribution in [0.5, 0.6) is 0 Å². The predicted octanol–water partition coefficient (Wildman–Crippen LogP) is 4.76. The molecule has 1 heterocycles. The van der Waals surface area contributed by atoms with Crippen molar-refractivity contribution in [2.24, 2.45) is 0 Å². The Labute approximate surface area is 94.7 Å². The highest BCUT2D eigenvalue weighted by Gasteiger charge is 2.09. The van der Waals surface area contributed by atoms with Gasteiger partial charge in [0.2, 0.25) is 0 Å². The Balaban J connectivity index is 2.86. The number of thiophene rings is 1. The van der Waals surface area contributed by atoms with E-state index in [0.29, 0.717) is 0 Å². The molecule has 1 aromatic heterocycles. The molecule has 0 aliphatic heterocycles. The van der Waals surface area contributed by atoms with Gasteiger partial charge in [0.15, 0.2) is 0 Å². The quantitative estimate of drug-likeness (QED) is 0.658. The molecule has 0 nitrogen and oxygen atoms in total. The molecule has 0 atom stereocenters. The van der Waals surface area contributed by atoms with E-state index < -0.39 is 0 Å². The average molecular weight is 276 g/mol. The normalized spacial score (nSPS) is 11.0. The number of alkyl halides is 1. The first kappa shape index (κ1) is 9.50. The van der Waals surface area contributed by atoms with Gasteiger partial charge in [0.25, 0.3) is 0 Å². The average Bonchev–Trinajstić information content (AvgIpc) is 2.43. The highest BCUT2D eigenvalue weighted by molar-refractivity contribution is 9.08. The van der Waals surface area contributed by atoms with Crippen molar-refractivity contribution in [3.8, 4) is 0 Å². The lowest BCUT2D eigenvalue weighted by molar-refractivity contribution is 1.44. The monoisotopic (exact) mass is 274 g/mol. The second kappa shape index (κ2) is 3.60. The lowest BCUT2D eigenvalue weighted by atomic mass is 10.1. The van der Waals surface area contributed by atoms with Crippen LogP contribution < -0.4 is 0 Å². The molecule has 1 aromatic carbocycles. The van der Waals surface area contributed by atoms with Crippen molar-refractivity contribution in [3.05, 3.63) is 33.7 Å². The minimum atomic E-state index is 0.859. The molecular weight excluding hydrogens is 268 g/mol. The Kier molecular flexibility index (Phi) is 2.63. The lowest BCUT2D eigenvalue weighted by Crippen LogP contribution is -1.75. The minimum Gasteiger partial charge on any atom is -0.139 e. The van der Waals surface area contributed by atoms with E-state index in [1.54, 1.807) is 11.3 Å². The van der Waals surface area contributed by atoms with Gasteiger partial charge in [-0.2, -0.15) is 0 Å². The van der Waals surface area contributed by atoms with Crippen molar-refractivity contribution in [3.63, 3.8) is 0 Å². The zero-order valence-corrected chi connectivity index (χ0v) is 10.3. The highest BCUT2D eigenvalue weighted by Crippen LogP contribution is 2.36. The van der Waals surface area contributed by atoms with Gasteiger partial charge in [0.05, 0.1) is 9.72 Å². The SMILES string of the molecule is Cc1sc2c(Cl)cccc2c1CBr. The van der Waals surface area contributed by atoms with Crippen molar-refractivity contribution < 1.29 is 0 Å². The third-order valence-corrected chi connectivity index (χ3v) is 4.29. The van der Waals surface area contributed by atoms with Crippen LogP contribution in [0, 0.1) is 6.92 Å². The summed E-state index contributed by atoms with van der Waals surface area (Å²) in [6, 6.07) is 6.07. The molecular formula is C10H8BrClS. The molecule has 3 heteroatoms. The first-order valence-corrected chi connectivity index (χ1v) is 6.28. The van der Waals surface area contributed by atoms with Crippen LogP contribution in [0.25, 0.3) is 10.1 Å². The Morgan fingerprint density at radius 3 is 2.92 bits per heavy atom. The smallest absolute Gasteiger partial charge is 0.0584 e. The summed E-state index contributed by atoms with van der Waals surface area (Å²) >= 11 is 11.4. The van der Waals surface area contributed by atoms with Crippen LogP contribution >= 0.6 is 38.9 Å². The zero-order valence-electron chi connectivity index (χ0n) is 7.10. The topological polar surface area (TPSA) is 0 Å². The summed E-state index contributed by atoms with van der Waals surface area (Å²) in [6.07, 6.45) is 0. The maximum absolute atomic E-state index is 6.09. The van der Waals surface area contributed by atoms with E-state index in [0.717, 1.165) is 10.4 Å². The molecule has 68 valence electrons. The molecule has 0 spiro atoms. The van der Waals surface area contributed by atoms with Crippen molar-refractivity contribution in [2.75, 3.05) is 0 Å². The summed E-state index contributed by atoms with van der Waals surface area (Å²) in [7, 11) is 0. The highest BCUT2D eigenvalue weighted by atomic mass is 79.9. The maximum Gasteiger partial charge on any atom is 0.0584 e. The van der Waals surface area contributed by atoms with Gasteiger partial charge in [-0.25, -0.2) is 0 Å². The fourth-order valence-corrected chi connectivity index (χ4v) is 3.70. The molecule has 2 aromatic rings. The Morgan fingerprint density at radius 2 is 2.23 bits per heavy atom. The molecule has 0 bridgehead atoms. The van der Waals surface area contributed by atoms with Crippen LogP contribution in [0.4, 0.5) is 0 Å². The third kappa shape index (κ3) is 1.51. The molecule has 0 aliphatic rings. The fourth-order valence-electron chi connectivity index (χ4n) is 1.42. The van der Waals surface area contributed by atoms with Crippen molar-refractivity contribution >= 4 is 49.0 Å². The van der Waals surface area contributed by atoms with E-state index >= 15 is 0 Å². The standard InChI is InChI=1S/C10H8BrClS/c1-6-8(5-11)7-3-2-4-9(12)10(7)13-6/h2-4H,5H2,1H3. The van der Waals surface area contributed by atoms with E-state index in [4.69, 9.17) is 11.6 Å². The second-order valence-corrected chi connectivity index (χ2v) is 5.08. The van der Waals surface area contributed by atoms with Crippen molar-refractivity contribution in [2.45, 2.75) is 12.3 Å². The predicted molar refractivity (Wildman–Crippen MR) is 64.2 cm³/mol. The number of fused-ring (bicyclic) bond motifs is 1. The molecule has 0 saturated heterocycles. The molecule has 0 radical (unpaired) electrons. The van der Waals surface area contributed by atoms with Gasteiger partial charge in [-0.3, -0.25) is 0 Å². The molecule has 0 fully saturated rings. The number of hydrogen-bond donors (Lipinski definition) is 0. The molecule has 0 aliphatic carbocycles. The summed E-state index contributed by atoms with van der Waals surface area (Å²) in [6.45, 7) is 2.14. The molecule has 13 heavy (non-hydrogen) atoms. The Bertz CT molecular complexity index is 447. The third-order valence-electron chi connectivity index (χ3n) is 2.11. The van der Waals surface area contributed by atoms with Crippen LogP contribution in [0.2, 0.25) is 5.02 Å². The number of benzene rings is 1. The van der Waals surface area contributed by atoms with Gasteiger partial charge < -0.3 is 0 Å². The van der Waals surface area contributed by atoms with Crippen LogP contribution in [-0.2, 0) is 5.33 Å². The summed E-state index contributed by atoms with van der Waals surface area (Å²) in [5.74, 6) is 0. The molecule has 0 amide bonds. The second-order valence-electron chi connectivity index (χ2n) is 2.89. The lowest BCUT2D eigenvalue weighted by Gasteiger charge is -1.94. The number of halogens is 2. The summed E-state index contributed by atoms with van der Waals surface area (Å²) in [5, 5.41) is 3.05. The number of hydrogen-bond acceptors (Lipinski definition) is 1. The number of aryl methyl sites for hydroxylation is 1. The van der Waals surface area contributed by atoms with Crippen LogP contribution in [0.1, 0.15) is 10.4 Å². The van der Waals surface area contributed by atoms with Gasteiger partial charge >= 0.3 is 0 Å². The van der Waals surface area contributed by atoms with Gasteiger partial charge in [-0.1, -0.05) is 39.7 Å². The van der Waals surface area contributed by atoms with E-state index in [1.165, 1.54) is 20.5 Å². The summed E-state index contributed by atoms with van der Waals surface area (Å²) in [4.78, 5) is 1.35. The van der Waals surface area contributed by atoms with Gasteiger partial charge in [0.1, 0.15) is 0 Å².